The molecule has 4 aliphatic rings. The van der Waals surface area contributed by atoms with Crippen LogP contribution in [0, 0.1) is 11.7 Å². The Morgan fingerprint density at radius 1 is 0.795 bits per heavy atom. The number of carbonyl (C=O) groups is 1. The van der Waals surface area contributed by atoms with Crippen LogP contribution in [0.25, 0.3) is 0 Å². The van der Waals surface area contributed by atoms with E-state index in [1.165, 1.54) is 6.07 Å². The van der Waals surface area contributed by atoms with Crippen LogP contribution in [0.5, 0.6) is 11.5 Å². The van der Waals surface area contributed by atoms with E-state index in [4.69, 9.17) is 9.47 Å². The number of amides is 1. The second-order valence-corrected chi connectivity index (χ2v) is 12.8. The molecule has 6 rings (SSSR count). The molecule has 11 heteroatoms. The van der Waals surface area contributed by atoms with E-state index in [1.54, 1.807) is 12.1 Å². The average Bonchev–Trinajstić information content (AvgIpc) is 3.54. The molecule has 7 nitrogen and oxygen atoms in total. The van der Waals surface area contributed by atoms with Gasteiger partial charge < -0.3 is 29.9 Å². The Kier molecular flexibility index (Phi) is 9.51. The number of hydrogen-bond acceptors (Lipinski definition) is 4. The average molecular weight is 621 g/mol. The molecular weight excluding hydrogens is 576 g/mol. The van der Waals surface area contributed by atoms with Gasteiger partial charge in [-0.3, -0.25) is 4.79 Å². The molecule has 0 radical (unpaired) electrons. The fourth-order valence-electron chi connectivity index (χ4n) is 7.21. The summed E-state index contributed by atoms with van der Waals surface area (Å²) in [6, 6.07) is 10.4. The summed E-state index contributed by atoms with van der Waals surface area (Å²) in [6.07, 6.45) is -0.999. The summed E-state index contributed by atoms with van der Waals surface area (Å²) in [6.45, 7) is 6.56. The number of carbonyl (C=O) groups excluding carboxylic acids is 1. The maximum atomic E-state index is 14.4. The summed E-state index contributed by atoms with van der Waals surface area (Å²) in [5.41, 5.74) is 2.23. The van der Waals surface area contributed by atoms with Gasteiger partial charge in [0.2, 0.25) is 0 Å². The molecule has 0 bridgehead atoms. The van der Waals surface area contributed by atoms with Crippen LogP contribution in [0.1, 0.15) is 66.8 Å². The highest BCUT2D eigenvalue weighted by molar-refractivity contribution is 5.94. The highest BCUT2D eigenvalue weighted by atomic mass is 19.4. The fraction of sp³-hybridized carbons (Fsp3) is 0.606. The van der Waals surface area contributed by atoms with Crippen molar-refractivity contribution in [2.45, 2.75) is 69.2 Å². The molecule has 3 saturated heterocycles. The van der Waals surface area contributed by atoms with Crippen LogP contribution >= 0.6 is 0 Å². The van der Waals surface area contributed by atoms with E-state index in [2.05, 4.69) is 15.5 Å². The van der Waals surface area contributed by atoms with E-state index in [0.717, 1.165) is 56.9 Å². The monoisotopic (exact) mass is 620 g/mol. The Labute approximate surface area is 256 Å². The van der Waals surface area contributed by atoms with Crippen LogP contribution in [0.3, 0.4) is 0 Å². The van der Waals surface area contributed by atoms with E-state index in [9.17, 15) is 22.4 Å². The molecule has 2 aromatic rings. The zero-order valence-electron chi connectivity index (χ0n) is 25.2. The number of alkyl halides is 3. The standard InChI is InChI=1S/C33H42F4N4O3/c34-25-18-26(40-15-11-38-12-16-40)20-29(19-25)43-27-8-13-41(14-9-27)32(42)23-3-6-31(44-28-7-10-39-21-28)30(17-23)22-1-4-24(5-2-22)33(35,36)37/h3,6,17-20,22,24,27-28,38-39H,1-2,4-5,7-16,21H2/p+2/t22?,24?,28-/m0/s1. The number of piperidine rings is 1. The second-order valence-electron chi connectivity index (χ2n) is 12.8. The maximum Gasteiger partial charge on any atom is 0.391 e. The van der Waals surface area contributed by atoms with Crippen molar-refractivity contribution in [2.75, 3.05) is 57.3 Å². The molecule has 0 spiro atoms. The minimum Gasteiger partial charge on any atom is -0.490 e. The van der Waals surface area contributed by atoms with Crippen LogP contribution in [0.4, 0.5) is 23.2 Å². The van der Waals surface area contributed by atoms with Gasteiger partial charge >= 0.3 is 6.18 Å². The van der Waals surface area contributed by atoms with E-state index in [1.807, 2.05) is 23.1 Å². The number of hydrogen-bond donors (Lipinski definition) is 2. The minimum absolute atomic E-state index is 0.0633. The van der Waals surface area contributed by atoms with Gasteiger partial charge in [0.15, 0.2) is 6.10 Å². The minimum atomic E-state index is -4.17. The van der Waals surface area contributed by atoms with Gasteiger partial charge in [0.25, 0.3) is 5.91 Å². The van der Waals surface area contributed by atoms with Crippen molar-refractivity contribution in [1.29, 1.82) is 0 Å². The Morgan fingerprint density at radius 2 is 1.55 bits per heavy atom. The van der Waals surface area contributed by atoms with Crippen molar-refractivity contribution in [2.24, 2.45) is 5.92 Å². The molecule has 4 fully saturated rings. The predicted molar refractivity (Wildman–Crippen MR) is 158 cm³/mol. The summed E-state index contributed by atoms with van der Waals surface area (Å²) >= 11 is 0. The normalized spacial score (nSPS) is 25.2. The van der Waals surface area contributed by atoms with Crippen molar-refractivity contribution in [3.05, 3.63) is 53.3 Å². The molecule has 1 saturated carbocycles. The number of benzene rings is 2. The summed E-state index contributed by atoms with van der Waals surface area (Å²) in [5, 5.41) is 4.45. The van der Waals surface area contributed by atoms with Gasteiger partial charge in [-0.05, 0) is 61.4 Å². The van der Waals surface area contributed by atoms with Crippen LogP contribution in [-0.4, -0.2) is 81.5 Å². The number of rotatable bonds is 7. The van der Waals surface area contributed by atoms with Crippen molar-refractivity contribution in [1.82, 2.24) is 4.90 Å². The third-order valence-corrected chi connectivity index (χ3v) is 9.76. The van der Waals surface area contributed by atoms with Crippen molar-refractivity contribution >= 4 is 11.6 Å². The molecule has 3 aliphatic heterocycles. The molecule has 1 aliphatic carbocycles. The lowest BCUT2D eigenvalue weighted by Gasteiger charge is -2.33. The van der Waals surface area contributed by atoms with E-state index >= 15 is 0 Å². The van der Waals surface area contributed by atoms with Gasteiger partial charge in [-0.1, -0.05) is 0 Å². The SMILES string of the molecule is O=C(c1ccc(O[C@H]2CC[NH2+]C2)c(C2CCC(C(F)(F)F)CC2)c1)N1CCC(Oc2cc(F)cc(N3CC[NH2+]CC3)c2)CC1. The number of nitrogens with two attached hydrogens (primary N) is 2. The van der Waals surface area contributed by atoms with E-state index in [0.29, 0.717) is 55.8 Å². The maximum absolute atomic E-state index is 14.4. The molecule has 2 aromatic carbocycles. The van der Waals surface area contributed by atoms with Crippen LogP contribution in [-0.2, 0) is 0 Å². The first-order valence-corrected chi connectivity index (χ1v) is 16.2. The second kappa shape index (κ2) is 13.5. The van der Waals surface area contributed by atoms with Gasteiger partial charge in [0.05, 0.1) is 38.6 Å². The first kappa shape index (κ1) is 31.0. The molecule has 0 unspecified atom stereocenters. The van der Waals surface area contributed by atoms with Crippen LogP contribution in [0.15, 0.2) is 36.4 Å². The van der Waals surface area contributed by atoms with E-state index < -0.39 is 12.1 Å². The number of nitrogens with zero attached hydrogens (tertiary/aromatic N) is 2. The largest absolute Gasteiger partial charge is 0.490 e. The number of likely N-dealkylation sites (tertiary alicyclic amines) is 1. The third-order valence-electron chi connectivity index (χ3n) is 9.76. The Hall–Kier alpha value is -3.05. The number of quaternary nitrogens is 2. The van der Waals surface area contributed by atoms with Crippen LogP contribution < -0.4 is 25.0 Å². The van der Waals surface area contributed by atoms with E-state index in [-0.39, 0.29) is 42.7 Å². The van der Waals surface area contributed by atoms with Gasteiger partial charge in [0, 0.05) is 55.7 Å². The number of ether oxygens (including phenoxy) is 2. The first-order valence-electron chi connectivity index (χ1n) is 16.2. The lowest BCUT2D eigenvalue weighted by molar-refractivity contribution is -0.655. The number of piperazine rings is 1. The zero-order chi connectivity index (χ0) is 30.7. The topological polar surface area (TPSA) is 75.2 Å². The highest BCUT2D eigenvalue weighted by Gasteiger charge is 2.42. The van der Waals surface area contributed by atoms with Crippen molar-refractivity contribution in [3.63, 3.8) is 0 Å². The lowest BCUT2D eigenvalue weighted by Crippen LogP contribution is -2.89. The molecular formula is C33H44F4N4O3+2. The molecule has 240 valence electrons. The third kappa shape index (κ3) is 7.42. The molecule has 44 heavy (non-hydrogen) atoms. The summed E-state index contributed by atoms with van der Waals surface area (Å²) in [4.78, 5) is 17.6. The Balaban J connectivity index is 1.10. The molecule has 4 N–H and O–H groups in total. The molecule has 0 aromatic heterocycles. The molecule has 1 atom stereocenters. The summed E-state index contributed by atoms with van der Waals surface area (Å²) in [7, 11) is 0. The Morgan fingerprint density at radius 3 is 2.23 bits per heavy atom. The summed E-state index contributed by atoms with van der Waals surface area (Å²) < 4.78 is 67.0. The van der Waals surface area contributed by atoms with Crippen LogP contribution in [0.2, 0.25) is 0 Å². The quantitative estimate of drug-likeness (QED) is 0.466. The fourth-order valence-corrected chi connectivity index (χ4v) is 7.21. The lowest BCUT2D eigenvalue weighted by atomic mass is 9.78. The predicted octanol–water partition coefficient (Wildman–Crippen LogP) is 3.44. The number of anilines is 1. The van der Waals surface area contributed by atoms with Gasteiger partial charge in [-0.2, -0.15) is 13.2 Å². The molecule has 3 heterocycles. The number of halogens is 4. The smallest absolute Gasteiger partial charge is 0.391 e. The first-order chi connectivity index (χ1) is 21.2. The Bertz CT molecular complexity index is 1280. The van der Waals surface area contributed by atoms with Gasteiger partial charge in [-0.25, -0.2) is 4.39 Å². The van der Waals surface area contributed by atoms with Gasteiger partial charge in [0.1, 0.15) is 30.0 Å². The van der Waals surface area contributed by atoms with Crippen molar-refractivity contribution < 1.29 is 42.5 Å². The zero-order valence-corrected chi connectivity index (χ0v) is 25.2. The van der Waals surface area contributed by atoms with Crippen molar-refractivity contribution in [3.8, 4) is 11.5 Å². The summed E-state index contributed by atoms with van der Waals surface area (Å²) in [5.74, 6) is -0.533. The van der Waals surface area contributed by atoms with Gasteiger partial charge in [-0.15, -0.1) is 0 Å². The molecule has 1 amide bonds. The highest BCUT2D eigenvalue weighted by Crippen LogP contribution is 2.45.